The summed E-state index contributed by atoms with van der Waals surface area (Å²) >= 11 is 0. The van der Waals surface area contributed by atoms with Crippen LogP contribution in [0.1, 0.15) is 24.9 Å². The van der Waals surface area contributed by atoms with E-state index >= 15 is 0 Å². The minimum absolute atomic E-state index is 0. The van der Waals surface area contributed by atoms with Gasteiger partial charge in [-0.2, -0.15) is 0 Å². The van der Waals surface area contributed by atoms with Crippen molar-refractivity contribution in [2.45, 2.75) is 19.4 Å². The summed E-state index contributed by atoms with van der Waals surface area (Å²) in [5.74, 6) is 0.527. The molecule has 0 aliphatic rings. The van der Waals surface area contributed by atoms with Gasteiger partial charge < -0.3 is 16.0 Å². The van der Waals surface area contributed by atoms with Crippen LogP contribution in [0, 0.1) is 0 Å². The van der Waals surface area contributed by atoms with Crippen molar-refractivity contribution >= 4 is 29.9 Å². The number of nitrogens with one attached hydrogen (secondary N) is 1. The second-order valence-corrected chi connectivity index (χ2v) is 4.54. The van der Waals surface area contributed by atoms with Crippen molar-refractivity contribution in [1.82, 2.24) is 10.2 Å². The standard InChI is InChI=1S/C14H24N4.HI/c1-4-10-16-14(15)17-11-13(18(2)3)12-8-6-5-7-9-12;/h5-9,13H,4,10-11H2,1-3H3,(H3,15,16,17);1H. The van der Waals surface area contributed by atoms with Crippen LogP contribution in [0.2, 0.25) is 0 Å². The van der Waals surface area contributed by atoms with E-state index in [4.69, 9.17) is 5.73 Å². The maximum absolute atomic E-state index is 5.81. The van der Waals surface area contributed by atoms with Gasteiger partial charge in [-0.25, -0.2) is 0 Å². The lowest BCUT2D eigenvalue weighted by molar-refractivity contribution is 0.306. The van der Waals surface area contributed by atoms with Crippen LogP contribution in [-0.4, -0.2) is 38.0 Å². The molecule has 0 bridgehead atoms. The van der Waals surface area contributed by atoms with Gasteiger partial charge in [-0.05, 0) is 26.1 Å². The number of likely N-dealkylation sites (N-methyl/N-ethyl adjacent to an activating group) is 1. The van der Waals surface area contributed by atoms with Gasteiger partial charge in [0.2, 0.25) is 0 Å². The molecule has 0 aliphatic carbocycles. The third-order valence-corrected chi connectivity index (χ3v) is 2.80. The monoisotopic (exact) mass is 376 g/mol. The van der Waals surface area contributed by atoms with Crippen LogP contribution in [0.4, 0.5) is 0 Å². The van der Waals surface area contributed by atoms with Crippen molar-refractivity contribution in [3.8, 4) is 0 Å². The minimum Gasteiger partial charge on any atom is -0.370 e. The average molecular weight is 376 g/mol. The first-order valence-electron chi connectivity index (χ1n) is 6.40. The van der Waals surface area contributed by atoms with Crippen molar-refractivity contribution in [1.29, 1.82) is 0 Å². The number of hydrogen-bond donors (Lipinski definition) is 2. The summed E-state index contributed by atoms with van der Waals surface area (Å²) in [5.41, 5.74) is 7.07. The van der Waals surface area contributed by atoms with Crippen molar-refractivity contribution in [3.63, 3.8) is 0 Å². The Balaban J connectivity index is 0.00000324. The first-order chi connectivity index (χ1) is 8.65. The molecule has 19 heavy (non-hydrogen) atoms. The second-order valence-electron chi connectivity index (χ2n) is 4.54. The Morgan fingerprint density at radius 1 is 1.32 bits per heavy atom. The molecule has 0 saturated heterocycles. The van der Waals surface area contributed by atoms with Gasteiger partial charge in [0.1, 0.15) is 0 Å². The van der Waals surface area contributed by atoms with Crippen LogP contribution >= 0.6 is 24.0 Å². The molecule has 0 saturated carbocycles. The number of nitrogens with two attached hydrogens (primary N) is 1. The average Bonchev–Trinajstić information content (AvgIpc) is 2.37. The van der Waals surface area contributed by atoms with Crippen LogP contribution in [0.5, 0.6) is 0 Å². The molecule has 0 aliphatic heterocycles. The van der Waals surface area contributed by atoms with E-state index in [1.807, 2.05) is 18.2 Å². The summed E-state index contributed by atoms with van der Waals surface area (Å²) < 4.78 is 0. The van der Waals surface area contributed by atoms with Crippen molar-refractivity contribution in [2.75, 3.05) is 27.2 Å². The fourth-order valence-corrected chi connectivity index (χ4v) is 1.74. The number of guanidine groups is 1. The van der Waals surface area contributed by atoms with Gasteiger partial charge in [-0.1, -0.05) is 37.3 Å². The molecule has 0 radical (unpaired) electrons. The molecule has 3 N–H and O–H groups in total. The molecule has 0 aromatic heterocycles. The SMILES string of the molecule is CCCNC(N)=NCC(c1ccccc1)N(C)C.I. The highest BCUT2D eigenvalue weighted by molar-refractivity contribution is 14.0. The fourth-order valence-electron chi connectivity index (χ4n) is 1.74. The molecule has 1 aromatic rings. The number of nitrogens with zero attached hydrogens (tertiary/aromatic N) is 2. The van der Waals surface area contributed by atoms with Crippen LogP contribution in [-0.2, 0) is 0 Å². The fraction of sp³-hybridized carbons (Fsp3) is 0.500. The quantitative estimate of drug-likeness (QED) is 0.455. The second kappa shape index (κ2) is 10.0. The number of rotatable bonds is 6. The summed E-state index contributed by atoms with van der Waals surface area (Å²) in [6.45, 7) is 3.64. The number of hydrogen-bond acceptors (Lipinski definition) is 2. The zero-order valence-electron chi connectivity index (χ0n) is 12.0. The van der Waals surface area contributed by atoms with E-state index < -0.39 is 0 Å². The first kappa shape index (κ1) is 18.2. The van der Waals surface area contributed by atoms with Gasteiger partial charge in [-0.15, -0.1) is 24.0 Å². The smallest absolute Gasteiger partial charge is 0.188 e. The van der Waals surface area contributed by atoms with Gasteiger partial charge in [0.05, 0.1) is 12.6 Å². The molecule has 1 unspecified atom stereocenters. The van der Waals surface area contributed by atoms with E-state index in [9.17, 15) is 0 Å². The highest BCUT2D eigenvalue weighted by Gasteiger charge is 2.12. The molecular formula is C14H25IN4. The van der Waals surface area contributed by atoms with Gasteiger partial charge in [0.25, 0.3) is 0 Å². The molecule has 1 aromatic carbocycles. The number of benzene rings is 1. The lowest BCUT2D eigenvalue weighted by Crippen LogP contribution is -2.33. The third kappa shape index (κ3) is 6.77. The predicted octanol–water partition coefficient (Wildman–Crippen LogP) is 2.22. The van der Waals surface area contributed by atoms with Gasteiger partial charge >= 0.3 is 0 Å². The number of halogens is 1. The summed E-state index contributed by atoms with van der Waals surface area (Å²) in [6, 6.07) is 10.6. The van der Waals surface area contributed by atoms with Crippen molar-refractivity contribution in [3.05, 3.63) is 35.9 Å². The molecule has 108 valence electrons. The Morgan fingerprint density at radius 3 is 2.47 bits per heavy atom. The van der Waals surface area contributed by atoms with Gasteiger partial charge in [-0.3, -0.25) is 4.99 Å². The van der Waals surface area contributed by atoms with Crippen LogP contribution in [0.15, 0.2) is 35.3 Å². The third-order valence-electron chi connectivity index (χ3n) is 2.80. The lowest BCUT2D eigenvalue weighted by Gasteiger charge is -2.23. The highest BCUT2D eigenvalue weighted by atomic mass is 127. The molecular weight excluding hydrogens is 351 g/mol. The minimum atomic E-state index is 0. The van der Waals surface area contributed by atoms with Gasteiger partial charge in [0, 0.05) is 6.54 Å². The highest BCUT2D eigenvalue weighted by Crippen LogP contribution is 2.17. The van der Waals surface area contributed by atoms with E-state index in [2.05, 4.69) is 48.4 Å². The molecule has 0 fully saturated rings. The van der Waals surface area contributed by atoms with Crippen LogP contribution < -0.4 is 11.1 Å². The first-order valence-corrected chi connectivity index (χ1v) is 6.40. The van der Waals surface area contributed by atoms with Crippen LogP contribution in [0.25, 0.3) is 0 Å². The molecule has 0 heterocycles. The van der Waals surface area contributed by atoms with Crippen LogP contribution in [0.3, 0.4) is 0 Å². The van der Waals surface area contributed by atoms with E-state index in [1.54, 1.807) is 0 Å². The molecule has 0 amide bonds. The maximum atomic E-state index is 5.81. The Bertz CT molecular complexity index is 365. The Morgan fingerprint density at radius 2 is 1.95 bits per heavy atom. The largest absolute Gasteiger partial charge is 0.370 e. The molecule has 4 nitrogen and oxygen atoms in total. The number of aliphatic imine (C=N–C) groups is 1. The zero-order chi connectivity index (χ0) is 13.4. The van der Waals surface area contributed by atoms with Crippen molar-refractivity contribution < 1.29 is 0 Å². The maximum Gasteiger partial charge on any atom is 0.188 e. The summed E-state index contributed by atoms with van der Waals surface area (Å²) in [7, 11) is 4.12. The van der Waals surface area contributed by atoms with Gasteiger partial charge in [0.15, 0.2) is 5.96 Å². The summed E-state index contributed by atoms with van der Waals surface area (Å²) in [5, 5.41) is 3.09. The van der Waals surface area contributed by atoms with E-state index in [1.165, 1.54) is 5.56 Å². The van der Waals surface area contributed by atoms with E-state index in [0.29, 0.717) is 12.5 Å². The lowest BCUT2D eigenvalue weighted by atomic mass is 10.1. The van der Waals surface area contributed by atoms with E-state index in [0.717, 1.165) is 13.0 Å². The molecule has 0 spiro atoms. The Labute approximate surface area is 133 Å². The zero-order valence-corrected chi connectivity index (χ0v) is 14.3. The molecule has 5 heteroatoms. The molecule has 1 atom stereocenters. The topological polar surface area (TPSA) is 53.6 Å². The Kier molecular flexibility index (Phi) is 9.59. The molecule has 1 rings (SSSR count). The van der Waals surface area contributed by atoms with E-state index in [-0.39, 0.29) is 30.0 Å². The summed E-state index contributed by atoms with van der Waals surface area (Å²) in [6.07, 6.45) is 1.05. The normalized spacial score (nSPS) is 12.9. The van der Waals surface area contributed by atoms with Crippen molar-refractivity contribution in [2.24, 2.45) is 10.7 Å². The predicted molar refractivity (Wildman–Crippen MR) is 93.1 cm³/mol. The Hall–Kier alpha value is -0.820. The summed E-state index contributed by atoms with van der Waals surface area (Å²) in [4.78, 5) is 6.56.